The van der Waals surface area contributed by atoms with E-state index in [0.717, 1.165) is 32.7 Å². The van der Waals surface area contributed by atoms with Gasteiger partial charge in [-0.15, -0.1) is 24.8 Å². The number of hydrogen-bond donors (Lipinski definition) is 1. The van der Waals surface area contributed by atoms with Crippen LogP contribution in [0.15, 0.2) is 30.3 Å². The molecule has 150 valence electrons. The summed E-state index contributed by atoms with van der Waals surface area (Å²) in [6, 6.07) is 10.6. The molecular weight excluding hydrogens is 371 g/mol. The maximum absolute atomic E-state index is 12.4. The van der Waals surface area contributed by atoms with Gasteiger partial charge in [0.1, 0.15) is 0 Å². The Hall–Kier alpha value is -0.850. The van der Waals surface area contributed by atoms with E-state index in [1.807, 2.05) is 11.9 Å². The minimum absolute atomic E-state index is 0. The summed E-state index contributed by atoms with van der Waals surface area (Å²) in [5.74, 6) is 0.188. The van der Waals surface area contributed by atoms with Gasteiger partial charge in [-0.2, -0.15) is 0 Å². The summed E-state index contributed by atoms with van der Waals surface area (Å²) in [6.07, 6.45) is 0. The summed E-state index contributed by atoms with van der Waals surface area (Å²) in [5, 5.41) is 0. The lowest BCUT2D eigenvalue weighted by Crippen LogP contribution is -2.50. The van der Waals surface area contributed by atoms with Crippen LogP contribution in [0.1, 0.15) is 19.4 Å². The number of nitrogens with two attached hydrogens (primary N) is 1. The van der Waals surface area contributed by atoms with Crippen LogP contribution in [0.5, 0.6) is 0 Å². The monoisotopic (exact) mass is 404 g/mol. The van der Waals surface area contributed by atoms with E-state index in [-0.39, 0.29) is 36.1 Å². The number of halogens is 2. The molecule has 1 saturated heterocycles. The molecule has 0 aliphatic carbocycles. The lowest BCUT2D eigenvalue weighted by molar-refractivity contribution is -0.132. The highest BCUT2D eigenvalue weighted by molar-refractivity contribution is 5.85. The molecular formula is C19H34Cl2N4O. The first-order valence-electron chi connectivity index (χ1n) is 8.82. The van der Waals surface area contributed by atoms with Crippen LogP contribution in [0.25, 0.3) is 0 Å². The van der Waals surface area contributed by atoms with Crippen LogP contribution in [0.4, 0.5) is 0 Å². The summed E-state index contributed by atoms with van der Waals surface area (Å²) >= 11 is 0. The van der Waals surface area contributed by atoms with Gasteiger partial charge in [-0.1, -0.05) is 44.2 Å². The SMILES string of the molecule is CN(CC(C)(C)CN)C(=O)CN1CCN(Cc2ccccc2)CC1.Cl.Cl. The van der Waals surface area contributed by atoms with Gasteiger partial charge < -0.3 is 10.6 Å². The summed E-state index contributed by atoms with van der Waals surface area (Å²) < 4.78 is 0. The van der Waals surface area contributed by atoms with Crippen LogP contribution in [-0.4, -0.2) is 73.5 Å². The third-order valence-electron chi connectivity index (χ3n) is 4.72. The number of rotatable bonds is 7. The second-order valence-corrected chi connectivity index (χ2v) is 7.66. The van der Waals surface area contributed by atoms with Crippen molar-refractivity contribution in [1.29, 1.82) is 0 Å². The molecule has 0 bridgehead atoms. The number of carbonyl (C=O) groups excluding carboxylic acids is 1. The summed E-state index contributed by atoms with van der Waals surface area (Å²) in [4.78, 5) is 18.9. The topological polar surface area (TPSA) is 52.8 Å². The normalized spacial score (nSPS) is 15.7. The van der Waals surface area contributed by atoms with Crippen LogP contribution in [0, 0.1) is 5.41 Å². The van der Waals surface area contributed by atoms with Gasteiger partial charge in [0, 0.05) is 46.3 Å². The van der Waals surface area contributed by atoms with Crippen molar-refractivity contribution >= 4 is 30.7 Å². The van der Waals surface area contributed by atoms with Crippen molar-refractivity contribution in [3.05, 3.63) is 35.9 Å². The predicted molar refractivity (Wildman–Crippen MR) is 113 cm³/mol. The van der Waals surface area contributed by atoms with Gasteiger partial charge in [-0.3, -0.25) is 14.6 Å². The van der Waals surface area contributed by atoms with E-state index in [1.165, 1.54) is 5.56 Å². The molecule has 1 heterocycles. The van der Waals surface area contributed by atoms with Gasteiger partial charge in [0.05, 0.1) is 6.54 Å². The average Bonchev–Trinajstić information content (AvgIpc) is 2.57. The second kappa shape index (κ2) is 11.8. The molecule has 0 saturated carbocycles. The number of piperazine rings is 1. The Morgan fingerprint density at radius 3 is 2.15 bits per heavy atom. The van der Waals surface area contributed by atoms with Crippen molar-refractivity contribution < 1.29 is 4.79 Å². The van der Waals surface area contributed by atoms with Crippen LogP contribution in [-0.2, 0) is 11.3 Å². The second-order valence-electron chi connectivity index (χ2n) is 7.66. The minimum atomic E-state index is -0.0290. The zero-order chi connectivity index (χ0) is 17.6. The number of amides is 1. The molecule has 1 aliphatic rings. The molecule has 1 aromatic carbocycles. The maximum atomic E-state index is 12.4. The molecule has 0 radical (unpaired) electrons. The Bertz CT molecular complexity index is 520. The van der Waals surface area contributed by atoms with E-state index in [9.17, 15) is 4.79 Å². The Balaban J connectivity index is 0.00000312. The first-order valence-corrected chi connectivity index (χ1v) is 8.82. The molecule has 2 rings (SSSR count). The number of hydrogen-bond acceptors (Lipinski definition) is 4. The molecule has 0 spiro atoms. The van der Waals surface area contributed by atoms with E-state index in [1.54, 1.807) is 0 Å². The Labute approximate surface area is 170 Å². The van der Waals surface area contributed by atoms with E-state index in [2.05, 4.69) is 54.0 Å². The van der Waals surface area contributed by atoms with Crippen LogP contribution >= 0.6 is 24.8 Å². The quantitative estimate of drug-likeness (QED) is 0.755. The number of nitrogens with zero attached hydrogens (tertiary/aromatic N) is 3. The van der Waals surface area contributed by atoms with E-state index >= 15 is 0 Å². The first kappa shape index (κ1) is 25.1. The number of likely N-dealkylation sites (N-methyl/N-ethyl adjacent to an activating group) is 1. The molecule has 7 heteroatoms. The summed E-state index contributed by atoms with van der Waals surface area (Å²) in [7, 11) is 1.88. The standard InChI is InChI=1S/C19H32N4O.2ClH/c1-19(2,15-20)16-21(3)18(24)14-23-11-9-22(10-12-23)13-17-7-5-4-6-8-17;;/h4-8H,9-16,20H2,1-3H3;2*1H. The predicted octanol–water partition coefficient (Wildman–Crippen LogP) is 2.09. The minimum Gasteiger partial charge on any atom is -0.344 e. The van der Waals surface area contributed by atoms with Crippen molar-refractivity contribution in [3.63, 3.8) is 0 Å². The molecule has 1 aromatic rings. The van der Waals surface area contributed by atoms with E-state index in [4.69, 9.17) is 5.73 Å². The average molecular weight is 405 g/mol. The van der Waals surface area contributed by atoms with Crippen molar-refractivity contribution in [3.8, 4) is 0 Å². The maximum Gasteiger partial charge on any atom is 0.236 e. The molecule has 1 aliphatic heterocycles. The molecule has 0 atom stereocenters. The molecule has 2 N–H and O–H groups in total. The molecule has 0 unspecified atom stereocenters. The fourth-order valence-corrected chi connectivity index (χ4v) is 3.05. The van der Waals surface area contributed by atoms with Crippen LogP contribution in [0.3, 0.4) is 0 Å². The van der Waals surface area contributed by atoms with Crippen molar-refractivity contribution in [2.45, 2.75) is 20.4 Å². The van der Waals surface area contributed by atoms with Crippen molar-refractivity contribution in [2.24, 2.45) is 11.1 Å². The van der Waals surface area contributed by atoms with Gasteiger partial charge in [-0.05, 0) is 17.5 Å². The molecule has 26 heavy (non-hydrogen) atoms. The smallest absolute Gasteiger partial charge is 0.236 e. The zero-order valence-electron chi connectivity index (χ0n) is 16.2. The van der Waals surface area contributed by atoms with E-state index in [0.29, 0.717) is 19.6 Å². The Morgan fingerprint density at radius 2 is 1.62 bits per heavy atom. The number of carbonyl (C=O) groups is 1. The van der Waals surface area contributed by atoms with E-state index < -0.39 is 0 Å². The summed E-state index contributed by atoms with van der Waals surface area (Å²) in [5.41, 5.74) is 7.09. The highest BCUT2D eigenvalue weighted by Gasteiger charge is 2.24. The van der Waals surface area contributed by atoms with Gasteiger partial charge in [-0.25, -0.2) is 0 Å². The fraction of sp³-hybridized carbons (Fsp3) is 0.632. The van der Waals surface area contributed by atoms with Crippen LogP contribution < -0.4 is 5.73 Å². The first-order chi connectivity index (χ1) is 11.4. The lowest BCUT2D eigenvalue weighted by Gasteiger charge is -2.36. The zero-order valence-corrected chi connectivity index (χ0v) is 17.8. The molecule has 1 fully saturated rings. The van der Waals surface area contributed by atoms with Crippen LogP contribution in [0.2, 0.25) is 0 Å². The molecule has 5 nitrogen and oxygen atoms in total. The van der Waals surface area contributed by atoms with Gasteiger partial charge in [0.2, 0.25) is 5.91 Å². The lowest BCUT2D eigenvalue weighted by atomic mass is 9.93. The van der Waals surface area contributed by atoms with Crippen molar-refractivity contribution in [1.82, 2.24) is 14.7 Å². The molecule has 1 amide bonds. The third kappa shape index (κ3) is 8.23. The number of benzene rings is 1. The molecule has 0 aromatic heterocycles. The van der Waals surface area contributed by atoms with Gasteiger partial charge >= 0.3 is 0 Å². The van der Waals surface area contributed by atoms with Crippen molar-refractivity contribution in [2.75, 3.05) is 52.9 Å². The van der Waals surface area contributed by atoms with Gasteiger partial charge in [0.25, 0.3) is 0 Å². The highest BCUT2D eigenvalue weighted by Crippen LogP contribution is 2.14. The fourth-order valence-electron chi connectivity index (χ4n) is 3.05. The third-order valence-corrected chi connectivity index (χ3v) is 4.72. The Morgan fingerprint density at radius 1 is 1.08 bits per heavy atom. The largest absolute Gasteiger partial charge is 0.344 e. The Kier molecular flexibility index (Phi) is 11.4. The summed E-state index contributed by atoms with van der Waals surface area (Å²) in [6.45, 7) is 10.9. The highest BCUT2D eigenvalue weighted by atomic mass is 35.5. The van der Waals surface area contributed by atoms with Gasteiger partial charge in [0.15, 0.2) is 0 Å².